The molecule has 0 spiro atoms. The Morgan fingerprint density at radius 2 is 1.65 bits per heavy atom. The highest BCUT2D eigenvalue weighted by molar-refractivity contribution is 7.90. The van der Waals surface area contributed by atoms with Crippen LogP contribution in [-0.2, 0) is 30.4 Å². The molecule has 8 heteroatoms. The van der Waals surface area contributed by atoms with Gasteiger partial charge in [-0.05, 0) is 36.8 Å². The molecule has 0 amide bonds. The summed E-state index contributed by atoms with van der Waals surface area (Å²) in [6.07, 6.45) is 1.13. The van der Waals surface area contributed by atoms with E-state index >= 15 is 0 Å². The van der Waals surface area contributed by atoms with Crippen molar-refractivity contribution in [2.24, 2.45) is 0 Å². The van der Waals surface area contributed by atoms with Crippen molar-refractivity contribution >= 4 is 26.8 Å². The number of methoxy groups -OCH3 is 1. The van der Waals surface area contributed by atoms with Crippen LogP contribution in [0.5, 0.6) is 0 Å². The molecule has 1 saturated heterocycles. The fraction of sp³-hybridized carbons (Fsp3) is 0.278. The van der Waals surface area contributed by atoms with Gasteiger partial charge in [0.05, 0.1) is 22.9 Å². The van der Waals surface area contributed by atoms with Crippen molar-refractivity contribution < 1.29 is 22.2 Å². The molecule has 26 heavy (non-hydrogen) atoms. The van der Waals surface area contributed by atoms with Crippen LogP contribution in [0.3, 0.4) is 0 Å². The maximum Gasteiger partial charge on any atom is 0.326 e. The number of rotatable bonds is 5. The number of esters is 1. The predicted molar refractivity (Wildman–Crippen MR) is 97.5 cm³/mol. The van der Waals surface area contributed by atoms with E-state index in [2.05, 4.69) is 0 Å². The summed E-state index contributed by atoms with van der Waals surface area (Å²) in [7, 11) is -3.54. The van der Waals surface area contributed by atoms with E-state index in [9.17, 15) is 17.4 Å². The van der Waals surface area contributed by atoms with Gasteiger partial charge in [-0.25, -0.2) is 12.6 Å². The number of aryl methyl sites for hydroxylation is 1. The largest absolute Gasteiger partial charge is 0.468 e. The van der Waals surface area contributed by atoms with Crippen molar-refractivity contribution in [3.8, 4) is 0 Å². The zero-order valence-electron chi connectivity index (χ0n) is 14.6. The van der Waals surface area contributed by atoms with E-state index in [0.29, 0.717) is 10.5 Å². The zero-order chi connectivity index (χ0) is 19.1. The van der Waals surface area contributed by atoms with E-state index in [4.69, 9.17) is 4.74 Å². The first kappa shape index (κ1) is 18.8. The van der Waals surface area contributed by atoms with Crippen molar-refractivity contribution in [2.75, 3.05) is 13.4 Å². The molecule has 1 heterocycles. The molecule has 0 aromatic heterocycles. The predicted octanol–water partition coefficient (Wildman–Crippen LogP) is 2.02. The first-order valence-electron chi connectivity index (χ1n) is 7.89. The summed E-state index contributed by atoms with van der Waals surface area (Å²) in [4.78, 5) is 12.9. The minimum atomic E-state index is -3.30. The Morgan fingerprint density at radius 3 is 2.15 bits per heavy atom. The first-order valence-corrected chi connectivity index (χ1v) is 10.9. The number of hydrogen-bond donors (Lipinski definition) is 0. The molecule has 1 aliphatic rings. The molecular formula is C18H19NO5S2. The normalized spacial score (nSPS) is 23.3. The van der Waals surface area contributed by atoms with E-state index in [0.717, 1.165) is 11.8 Å². The number of ether oxygens (including phenoxy) is 1. The van der Waals surface area contributed by atoms with Crippen LogP contribution in [0.15, 0.2) is 58.3 Å². The van der Waals surface area contributed by atoms with Crippen molar-refractivity contribution in [3.63, 3.8) is 0 Å². The standard InChI is InChI=1S/C18H19NO5S2/c1-12-4-8-14(9-5-12)25(21)19-16(17(19)18(20)24-2)13-6-10-15(11-7-13)26(3,22)23/h4-11,16-17H,1-3H3/t16-,17-,19?,25-/m0/s1. The van der Waals surface area contributed by atoms with Gasteiger partial charge in [-0.15, -0.1) is 0 Å². The Bertz CT molecular complexity index is 952. The summed E-state index contributed by atoms with van der Waals surface area (Å²) in [5.74, 6) is -0.470. The first-order chi connectivity index (χ1) is 12.2. The highest BCUT2D eigenvalue weighted by atomic mass is 32.2. The molecule has 0 bridgehead atoms. The number of sulfone groups is 1. The molecule has 2 aromatic carbocycles. The summed E-state index contributed by atoms with van der Waals surface area (Å²) in [5.41, 5.74) is 1.77. The minimum Gasteiger partial charge on any atom is -0.468 e. The monoisotopic (exact) mass is 393 g/mol. The molecular weight excluding hydrogens is 374 g/mol. The van der Waals surface area contributed by atoms with E-state index in [-0.39, 0.29) is 4.90 Å². The van der Waals surface area contributed by atoms with Gasteiger partial charge >= 0.3 is 5.97 Å². The fourth-order valence-corrected chi connectivity index (χ4v) is 4.83. The van der Waals surface area contributed by atoms with Gasteiger partial charge < -0.3 is 4.74 Å². The maximum absolute atomic E-state index is 12.9. The summed E-state index contributed by atoms with van der Waals surface area (Å²) >= 11 is 0. The summed E-state index contributed by atoms with van der Waals surface area (Å²) in [6, 6.07) is 12.4. The van der Waals surface area contributed by atoms with Crippen molar-refractivity contribution in [3.05, 3.63) is 59.7 Å². The van der Waals surface area contributed by atoms with Crippen LogP contribution >= 0.6 is 0 Å². The third kappa shape index (κ3) is 3.58. The van der Waals surface area contributed by atoms with Crippen LogP contribution in [0.1, 0.15) is 17.2 Å². The van der Waals surface area contributed by atoms with Gasteiger partial charge in [0.1, 0.15) is 17.0 Å². The smallest absolute Gasteiger partial charge is 0.326 e. The van der Waals surface area contributed by atoms with E-state index < -0.39 is 38.9 Å². The van der Waals surface area contributed by atoms with Gasteiger partial charge in [-0.3, -0.25) is 4.79 Å². The van der Waals surface area contributed by atoms with Crippen LogP contribution in [0.2, 0.25) is 0 Å². The molecule has 1 aliphatic heterocycles. The second kappa shape index (κ2) is 6.94. The quantitative estimate of drug-likeness (QED) is 0.573. The molecule has 0 saturated carbocycles. The maximum atomic E-state index is 12.9. The molecule has 3 rings (SSSR count). The van der Waals surface area contributed by atoms with Crippen molar-refractivity contribution in [2.45, 2.75) is 28.8 Å². The lowest BCUT2D eigenvalue weighted by Crippen LogP contribution is -2.16. The van der Waals surface area contributed by atoms with Gasteiger partial charge in [0.15, 0.2) is 9.84 Å². The lowest BCUT2D eigenvalue weighted by atomic mass is 10.1. The highest BCUT2D eigenvalue weighted by Crippen LogP contribution is 2.46. The lowest BCUT2D eigenvalue weighted by molar-refractivity contribution is -0.140. The van der Waals surface area contributed by atoms with Crippen molar-refractivity contribution in [1.29, 1.82) is 0 Å². The average molecular weight is 393 g/mol. The fourth-order valence-electron chi connectivity index (χ4n) is 2.79. The summed E-state index contributed by atoms with van der Waals surface area (Å²) in [5, 5.41) is 0. The Kier molecular flexibility index (Phi) is 5.01. The third-order valence-electron chi connectivity index (χ3n) is 4.26. The summed E-state index contributed by atoms with van der Waals surface area (Å²) < 4.78 is 42.5. The third-order valence-corrected chi connectivity index (χ3v) is 6.91. The Morgan fingerprint density at radius 1 is 1.08 bits per heavy atom. The molecule has 1 fully saturated rings. The van der Waals surface area contributed by atoms with Crippen LogP contribution in [0.25, 0.3) is 0 Å². The molecule has 6 nitrogen and oxygen atoms in total. The molecule has 0 radical (unpaired) electrons. The number of carbonyl (C=O) groups is 1. The van der Waals surface area contributed by atoms with Gasteiger partial charge in [-0.1, -0.05) is 29.8 Å². The Hall–Kier alpha value is -2.03. The molecule has 2 aromatic rings. The SMILES string of the molecule is COC(=O)[C@@H]1[C@H](c2ccc(S(C)(=O)=O)cc2)N1[S@@](=O)c1ccc(C)cc1. The number of nitrogens with zero attached hydrogens (tertiary/aromatic N) is 1. The Labute approximate surface area is 155 Å². The number of carbonyl (C=O) groups excluding carboxylic acids is 1. The molecule has 1 unspecified atom stereocenters. The zero-order valence-corrected chi connectivity index (χ0v) is 16.2. The average Bonchev–Trinajstić information content (AvgIpc) is 3.36. The molecule has 0 N–H and O–H groups in total. The summed E-state index contributed by atoms with van der Waals surface area (Å²) in [6.45, 7) is 1.94. The second-order valence-electron chi connectivity index (χ2n) is 6.18. The van der Waals surface area contributed by atoms with Gasteiger partial charge in [0.2, 0.25) is 0 Å². The van der Waals surface area contributed by atoms with Crippen LogP contribution in [-0.4, -0.2) is 42.3 Å². The van der Waals surface area contributed by atoms with Crippen molar-refractivity contribution in [1.82, 2.24) is 4.31 Å². The topological polar surface area (TPSA) is 80.5 Å². The minimum absolute atomic E-state index is 0.197. The van der Waals surface area contributed by atoms with Crippen LogP contribution in [0, 0.1) is 6.92 Å². The van der Waals surface area contributed by atoms with E-state index in [1.165, 1.54) is 19.2 Å². The molecule has 4 atom stereocenters. The van der Waals surface area contributed by atoms with Gasteiger partial charge in [0, 0.05) is 6.26 Å². The highest BCUT2D eigenvalue weighted by Gasteiger charge is 2.58. The second-order valence-corrected chi connectivity index (χ2v) is 9.58. The van der Waals surface area contributed by atoms with Gasteiger partial charge in [0.25, 0.3) is 0 Å². The molecule has 138 valence electrons. The van der Waals surface area contributed by atoms with Crippen LogP contribution in [0.4, 0.5) is 0 Å². The van der Waals surface area contributed by atoms with Gasteiger partial charge in [-0.2, -0.15) is 4.31 Å². The number of benzene rings is 2. The van der Waals surface area contributed by atoms with Crippen LogP contribution < -0.4 is 0 Å². The molecule has 0 aliphatic carbocycles. The number of hydrogen-bond acceptors (Lipinski definition) is 5. The Balaban J connectivity index is 1.90. The lowest BCUT2D eigenvalue weighted by Gasteiger charge is -2.05. The van der Waals surface area contributed by atoms with E-state index in [1.807, 2.05) is 19.1 Å². The van der Waals surface area contributed by atoms with E-state index in [1.54, 1.807) is 28.6 Å².